The van der Waals surface area contributed by atoms with Crippen LogP contribution in [0, 0.1) is 17.6 Å². The maximum absolute atomic E-state index is 14.5. The van der Waals surface area contributed by atoms with E-state index in [1.54, 1.807) is 32.9 Å². The van der Waals surface area contributed by atoms with Crippen LogP contribution in [0.4, 0.5) is 18.4 Å². The van der Waals surface area contributed by atoms with Crippen molar-refractivity contribution in [3.05, 3.63) is 77.1 Å². The van der Waals surface area contributed by atoms with Crippen LogP contribution < -0.4 is 10.6 Å². The van der Waals surface area contributed by atoms with Gasteiger partial charge >= 0.3 is 12.2 Å². The zero-order valence-corrected chi connectivity index (χ0v) is 31.2. The number of pyridine rings is 1. The molecule has 6 rings (SSSR count). The smallest absolute Gasteiger partial charge is 0.410 e. The number of carbonyl (C=O) groups is 5. The highest BCUT2D eigenvalue weighted by Gasteiger charge is 2.60. The first-order valence-electron chi connectivity index (χ1n) is 18.8. The van der Waals surface area contributed by atoms with Gasteiger partial charge in [0.1, 0.15) is 41.0 Å². The van der Waals surface area contributed by atoms with E-state index < -0.39 is 65.0 Å². The number of alkyl carbamates (subject to hydrolysis) is 1. The Labute approximate surface area is 314 Å². The fourth-order valence-corrected chi connectivity index (χ4v) is 7.66. The number of hydrogen-bond acceptors (Lipinski definition) is 8. The van der Waals surface area contributed by atoms with Crippen molar-refractivity contribution in [1.82, 2.24) is 25.4 Å². The first-order chi connectivity index (χ1) is 25.6. The number of allylic oxidation sites excluding steroid dienone is 1. The van der Waals surface area contributed by atoms with E-state index in [-0.39, 0.29) is 56.5 Å². The van der Waals surface area contributed by atoms with Crippen molar-refractivity contribution in [2.45, 2.75) is 127 Å². The fraction of sp³-hybridized carbons (Fsp3) is 0.550. The van der Waals surface area contributed by atoms with Gasteiger partial charge in [0, 0.05) is 42.5 Å². The molecule has 14 heteroatoms. The van der Waals surface area contributed by atoms with Crippen LogP contribution in [-0.4, -0.2) is 80.4 Å². The third-order valence-corrected chi connectivity index (χ3v) is 10.6. The monoisotopic (exact) mass is 749 g/mol. The van der Waals surface area contributed by atoms with Crippen LogP contribution in [0.3, 0.4) is 0 Å². The molecule has 6 atom stereocenters. The van der Waals surface area contributed by atoms with E-state index in [0.29, 0.717) is 29.7 Å². The predicted octanol–water partition coefficient (Wildman–Crippen LogP) is 5.83. The maximum Gasteiger partial charge on any atom is 0.410 e. The SMILES string of the molecule is C[C@@H](CC(=O)[C@@]12C[C@H]1/C=C\CCCCC[C@H](NC(=O)OC(C)(C)C)C(=O)N1C[C@H](OC(=O)N3Cc4cccc(F)c4C3)C[C@H]1C(=O)N2)c1ccc(F)cn1. The fourth-order valence-electron chi connectivity index (χ4n) is 7.66. The molecule has 4 amide bonds. The second kappa shape index (κ2) is 15.8. The molecular weight excluding hydrogens is 700 g/mol. The van der Waals surface area contributed by atoms with E-state index in [1.807, 2.05) is 19.1 Å². The summed E-state index contributed by atoms with van der Waals surface area (Å²) in [5, 5.41) is 5.72. The zero-order chi connectivity index (χ0) is 38.8. The van der Waals surface area contributed by atoms with Crippen LogP contribution in [0.2, 0.25) is 0 Å². The predicted molar refractivity (Wildman–Crippen MR) is 193 cm³/mol. The average molecular weight is 750 g/mol. The number of amides is 4. The number of benzene rings is 1. The van der Waals surface area contributed by atoms with E-state index in [2.05, 4.69) is 15.6 Å². The lowest BCUT2D eigenvalue weighted by atomic mass is 9.94. The lowest BCUT2D eigenvalue weighted by Crippen LogP contribution is -2.56. The summed E-state index contributed by atoms with van der Waals surface area (Å²) in [6.45, 7) is 6.99. The number of nitrogens with zero attached hydrogens (tertiary/aromatic N) is 3. The Morgan fingerprint density at radius 2 is 1.89 bits per heavy atom. The van der Waals surface area contributed by atoms with Gasteiger partial charge in [0.15, 0.2) is 5.78 Å². The van der Waals surface area contributed by atoms with Crippen molar-refractivity contribution in [3.8, 4) is 0 Å². The average Bonchev–Trinajstić information content (AvgIpc) is 3.40. The molecule has 2 N–H and O–H groups in total. The largest absolute Gasteiger partial charge is 0.444 e. The molecule has 0 spiro atoms. The van der Waals surface area contributed by atoms with Gasteiger partial charge in [-0.05, 0) is 70.2 Å². The number of fused-ring (bicyclic) bond motifs is 3. The first-order valence-corrected chi connectivity index (χ1v) is 18.8. The number of rotatable bonds is 6. The van der Waals surface area contributed by atoms with Crippen molar-refractivity contribution in [1.29, 1.82) is 0 Å². The molecule has 1 aromatic carbocycles. The third-order valence-electron chi connectivity index (χ3n) is 10.6. The standard InChI is InChI=1S/C40H49F2N5O7/c1-24(31-16-15-27(41)20-43-31)17-34(48)40-19-26(40)12-8-6-5-7-9-14-32(44-37(51)54-39(2,3)4)36(50)47-22-28(18-33(47)35(49)45-40)53-38(52)46-21-25-11-10-13-30(42)29(25)23-46/h8,10-13,15-16,20,24,26,28,32-33H,5-7,9,14,17-19,21-23H2,1-4H3,(H,44,51)(H,45,49)/b12-8-/t24-,26+,28+,32-,33-,40+/m0/s1. The molecule has 3 aliphatic heterocycles. The summed E-state index contributed by atoms with van der Waals surface area (Å²) >= 11 is 0. The summed E-state index contributed by atoms with van der Waals surface area (Å²) in [4.78, 5) is 76.0. The van der Waals surface area contributed by atoms with Crippen molar-refractivity contribution >= 4 is 29.8 Å². The summed E-state index contributed by atoms with van der Waals surface area (Å²) in [5.41, 5.74) is -0.429. The van der Waals surface area contributed by atoms with Crippen molar-refractivity contribution in [2.24, 2.45) is 5.92 Å². The summed E-state index contributed by atoms with van der Waals surface area (Å²) in [5.74, 6) is -2.86. The van der Waals surface area contributed by atoms with E-state index in [0.717, 1.165) is 25.5 Å². The molecule has 2 fully saturated rings. The molecule has 2 aromatic rings. The topological polar surface area (TPSA) is 147 Å². The highest BCUT2D eigenvalue weighted by atomic mass is 19.1. The minimum absolute atomic E-state index is 0.0212. The molecule has 290 valence electrons. The number of aromatic nitrogens is 1. The quantitative estimate of drug-likeness (QED) is 0.351. The molecule has 1 aliphatic carbocycles. The van der Waals surface area contributed by atoms with Crippen molar-refractivity contribution in [2.75, 3.05) is 6.54 Å². The van der Waals surface area contributed by atoms with E-state index in [9.17, 15) is 32.8 Å². The van der Waals surface area contributed by atoms with E-state index in [4.69, 9.17) is 9.47 Å². The van der Waals surface area contributed by atoms with Gasteiger partial charge in [0.25, 0.3) is 0 Å². The van der Waals surface area contributed by atoms with Gasteiger partial charge in [0.05, 0.1) is 19.3 Å². The van der Waals surface area contributed by atoms with Gasteiger partial charge in [-0.1, -0.05) is 44.1 Å². The Balaban J connectivity index is 1.25. The van der Waals surface area contributed by atoms with Crippen LogP contribution in [0.25, 0.3) is 0 Å². The number of Topliss-reactive ketones (excluding diaryl/α,β-unsaturated/α-hetero) is 1. The Bertz CT molecular complexity index is 1800. The summed E-state index contributed by atoms with van der Waals surface area (Å²) in [7, 11) is 0. The Morgan fingerprint density at radius 1 is 1.09 bits per heavy atom. The summed E-state index contributed by atoms with van der Waals surface area (Å²) in [6.07, 6.45) is 6.24. The molecule has 12 nitrogen and oxygen atoms in total. The number of ether oxygens (including phenoxy) is 2. The summed E-state index contributed by atoms with van der Waals surface area (Å²) in [6, 6.07) is 5.31. The molecule has 1 saturated carbocycles. The number of nitrogens with one attached hydrogen (secondary N) is 2. The van der Waals surface area contributed by atoms with Crippen LogP contribution in [0.5, 0.6) is 0 Å². The molecule has 0 radical (unpaired) electrons. The number of carbonyl (C=O) groups excluding carboxylic acids is 5. The van der Waals surface area contributed by atoms with E-state index in [1.165, 1.54) is 28.0 Å². The van der Waals surface area contributed by atoms with Crippen LogP contribution in [-0.2, 0) is 36.9 Å². The van der Waals surface area contributed by atoms with Crippen molar-refractivity contribution < 1.29 is 42.2 Å². The molecule has 1 aromatic heterocycles. The van der Waals surface area contributed by atoms with Gasteiger partial charge in [-0.3, -0.25) is 24.3 Å². The highest BCUT2D eigenvalue weighted by molar-refractivity contribution is 5.99. The van der Waals surface area contributed by atoms with E-state index >= 15 is 0 Å². The molecule has 0 bridgehead atoms. The Kier molecular flexibility index (Phi) is 11.4. The van der Waals surface area contributed by atoms with Gasteiger partial charge in [-0.2, -0.15) is 0 Å². The van der Waals surface area contributed by atoms with Gasteiger partial charge < -0.3 is 25.0 Å². The van der Waals surface area contributed by atoms with Gasteiger partial charge in [-0.25, -0.2) is 18.4 Å². The minimum atomic E-state index is -1.23. The van der Waals surface area contributed by atoms with Crippen LogP contribution in [0.15, 0.2) is 48.7 Å². The molecule has 54 heavy (non-hydrogen) atoms. The second-order valence-corrected chi connectivity index (χ2v) is 15.9. The lowest BCUT2D eigenvalue weighted by molar-refractivity contribution is -0.141. The van der Waals surface area contributed by atoms with Crippen molar-refractivity contribution in [3.63, 3.8) is 0 Å². The zero-order valence-electron chi connectivity index (χ0n) is 31.2. The maximum atomic E-state index is 14.5. The highest BCUT2D eigenvalue weighted by Crippen LogP contribution is 2.47. The van der Waals surface area contributed by atoms with Crippen LogP contribution in [0.1, 0.15) is 102 Å². The van der Waals surface area contributed by atoms with Gasteiger partial charge in [0.2, 0.25) is 11.8 Å². The van der Waals surface area contributed by atoms with Gasteiger partial charge in [-0.15, -0.1) is 0 Å². The minimum Gasteiger partial charge on any atom is -0.444 e. The Hall–Kier alpha value is -4.88. The normalized spacial score (nSPS) is 26.9. The molecule has 4 aliphatic rings. The number of hydrogen-bond donors (Lipinski definition) is 2. The number of ketones is 1. The summed E-state index contributed by atoms with van der Waals surface area (Å²) < 4.78 is 39.4. The van der Waals surface area contributed by atoms with Crippen LogP contribution >= 0.6 is 0 Å². The molecule has 1 saturated heterocycles. The Morgan fingerprint density at radius 3 is 2.61 bits per heavy atom. The third kappa shape index (κ3) is 8.90. The lowest BCUT2D eigenvalue weighted by Gasteiger charge is -2.30. The number of halogens is 2. The second-order valence-electron chi connectivity index (χ2n) is 15.9. The first kappa shape index (κ1) is 38.8. The molecule has 4 heterocycles. The molecule has 0 unspecified atom stereocenters. The molecular formula is C40H49F2N5O7.